The molecule has 1 aliphatic heterocycles. The topological polar surface area (TPSA) is 62.1 Å². The lowest BCUT2D eigenvalue weighted by molar-refractivity contribution is 0.221. The molecule has 2 aromatic rings. The summed E-state index contributed by atoms with van der Waals surface area (Å²) in [6, 6.07) is 2.07. The summed E-state index contributed by atoms with van der Waals surface area (Å²) < 4.78 is 5.71. The molecule has 0 bridgehead atoms. The number of nitrogens with one attached hydrogen (secondary N) is 1. The van der Waals surface area contributed by atoms with Crippen LogP contribution in [0.15, 0.2) is 15.3 Å². The van der Waals surface area contributed by atoms with Crippen LogP contribution in [0.25, 0.3) is 0 Å². The molecule has 3 rings (SSSR count). The molecule has 0 atom stereocenters. The standard InChI is InChI=1S/C15H19N3O2/c1-9-6-12(20-10(9)2)7-18-5-4-14-13(8-18)15(19)17-11(3)16-14/h6H,4-5,7-8H2,1-3H3,(H,16,17,19). The molecule has 5 heteroatoms. The smallest absolute Gasteiger partial charge is 0.255 e. The Morgan fingerprint density at radius 3 is 2.90 bits per heavy atom. The largest absolute Gasteiger partial charge is 0.465 e. The predicted molar refractivity (Wildman–Crippen MR) is 75.6 cm³/mol. The number of rotatable bonds is 2. The predicted octanol–water partition coefficient (Wildman–Crippen LogP) is 1.85. The van der Waals surface area contributed by atoms with Crippen LogP contribution in [-0.2, 0) is 19.5 Å². The van der Waals surface area contributed by atoms with Crippen LogP contribution in [0.4, 0.5) is 0 Å². The van der Waals surface area contributed by atoms with Crippen LogP contribution in [0.5, 0.6) is 0 Å². The van der Waals surface area contributed by atoms with Gasteiger partial charge in [-0.2, -0.15) is 0 Å². The number of hydrogen-bond donors (Lipinski definition) is 1. The molecule has 106 valence electrons. The second-order valence-corrected chi connectivity index (χ2v) is 5.49. The summed E-state index contributed by atoms with van der Waals surface area (Å²) >= 11 is 0. The minimum atomic E-state index is -0.0102. The van der Waals surface area contributed by atoms with Gasteiger partial charge in [-0.1, -0.05) is 0 Å². The zero-order valence-corrected chi connectivity index (χ0v) is 12.1. The molecule has 2 aromatic heterocycles. The fourth-order valence-electron chi connectivity index (χ4n) is 2.69. The summed E-state index contributed by atoms with van der Waals surface area (Å²) in [5.41, 5.74) is 2.90. The van der Waals surface area contributed by atoms with E-state index in [2.05, 4.69) is 20.9 Å². The van der Waals surface area contributed by atoms with E-state index in [-0.39, 0.29) is 5.56 Å². The molecule has 0 saturated carbocycles. The maximum absolute atomic E-state index is 12.0. The molecule has 1 N–H and O–H groups in total. The van der Waals surface area contributed by atoms with Crippen molar-refractivity contribution in [3.63, 3.8) is 0 Å². The molecule has 0 fully saturated rings. The van der Waals surface area contributed by atoms with Gasteiger partial charge in [0.15, 0.2) is 0 Å². The summed E-state index contributed by atoms with van der Waals surface area (Å²) in [6.45, 7) is 8.12. The third-order valence-corrected chi connectivity index (χ3v) is 3.86. The van der Waals surface area contributed by atoms with Gasteiger partial charge in [0.1, 0.15) is 17.3 Å². The molecule has 0 saturated heterocycles. The van der Waals surface area contributed by atoms with Crippen molar-refractivity contribution < 1.29 is 4.42 Å². The average molecular weight is 273 g/mol. The van der Waals surface area contributed by atoms with Gasteiger partial charge >= 0.3 is 0 Å². The molecule has 0 aliphatic carbocycles. The highest BCUT2D eigenvalue weighted by molar-refractivity contribution is 5.22. The van der Waals surface area contributed by atoms with Crippen LogP contribution >= 0.6 is 0 Å². The lowest BCUT2D eigenvalue weighted by Crippen LogP contribution is -2.35. The normalized spacial score (nSPS) is 15.3. The lowest BCUT2D eigenvalue weighted by Gasteiger charge is -2.26. The van der Waals surface area contributed by atoms with Crippen molar-refractivity contribution >= 4 is 0 Å². The van der Waals surface area contributed by atoms with Crippen molar-refractivity contribution in [3.05, 3.63) is 50.6 Å². The molecular formula is C15H19N3O2. The van der Waals surface area contributed by atoms with Crippen molar-refractivity contribution in [2.75, 3.05) is 6.54 Å². The molecule has 20 heavy (non-hydrogen) atoms. The average Bonchev–Trinajstić information content (AvgIpc) is 2.69. The van der Waals surface area contributed by atoms with E-state index < -0.39 is 0 Å². The first-order chi connectivity index (χ1) is 9.52. The zero-order valence-electron chi connectivity index (χ0n) is 12.1. The van der Waals surface area contributed by atoms with E-state index in [1.165, 1.54) is 5.56 Å². The van der Waals surface area contributed by atoms with E-state index >= 15 is 0 Å². The first-order valence-corrected chi connectivity index (χ1v) is 6.90. The molecular weight excluding hydrogens is 254 g/mol. The molecule has 0 radical (unpaired) electrons. The van der Waals surface area contributed by atoms with Crippen LogP contribution in [-0.4, -0.2) is 21.4 Å². The molecule has 0 unspecified atom stereocenters. The summed E-state index contributed by atoms with van der Waals surface area (Å²) in [7, 11) is 0. The van der Waals surface area contributed by atoms with Crippen LogP contribution in [0, 0.1) is 20.8 Å². The summed E-state index contributed by atoms with van der Waals surface area (Å²) in [6.07, 6.45) is 0.818. The Bertz CT molecular complexity index is 680. The summed E-state index contributed by atoms with van der Waals surface area (Å²) in [5, 5.41) is 0. The lowest BCUT2D eigenvalue weighted by atomic mass is 10.1. The zero-order chi connectivity index (χ0) is 14.3. The van der Waals surface area contributed by atoms with Crippen molar-refractivity contribution in [1.82, 2.24) is 14.9 Å². The highest BCUT2D eigenvalue weighted by atomic mass is 16.3. The van der Waals surface area contributed by atoms with Gasteiger partial charge in [0.05, 0.1) is 17.8 Å². The third-order valence-electron chi connectivity index (χ3n) is 3.86. The van der Waals surface area contributed by atoms with Crippen LogP contribution in [0.2, 0.25) is 0 Å². The Hall–Kier alpha value is -1.88. The van der Waals surface area contributed by atoms with E-state index in [0.717, 1.165) is 42.3 Å². The second-order valence-electron chi connectivity index (χ2n) is 5.49. The van der Waals surface area contributed by atoms with Crippen molar-refractivity contribution in [2.45, 2.75) is 40.3 Å². The van der Waals surface area contributed by atoms with Gasteiger partial charge in [-0.25, -0.2) is 4.98 Å². The Kier molecular flexibility index (Phi) is 3.22. The number of H-pyrrole nitrogens is 1. The van der Waals surface area contributed by atoms with E-state index in [4.69, 9.17) is 4.42 Å². The van der Waals surface area contributed by atoms with E-state index in [1.807, 2.05) is 20.8 Å². The van der Waals surface area contributed by atoms with Crippen LogP contribution in [0.3, 0.4) is 0 Å². The summed E-state index contributed by atoms with van der Waals surface area (Å²) in [4.78, 5) is 21.4. The maximum atomic E-state index is 12.0. The van der Waals surface area contributed by atoms with Crippen molar-refractivity contribution in [3.8, 4) is 0 Å². The Balaban J connectivity index is 1.80. The van der Waals surface area contributed by atoms with Gasteiger partial charge in [-0.05, 0) is 32.4 Å². The highest BCUT2D eigenvalue weighted by Crippen LogP contribution is 2.19. The van der Waals surface area contributed by atoms with E-state index in [0.29, 0.717) is 12.4 Å². The molecule has 1 aliphatic rings. The number of hydrogen-bond acceptors (Lipinski definition) is 4. The fourth-order valence-corrected chi connectivity index (χ4v) is 2.69. The molecule has 3 heterocycles. The number of fused-ring (bicyclic) bond motifs is 1. The Morgan fingerprint density at radius 2 is 2.20 bits per heavy atom. The van der Waals surface area contributed by atoms with Gasteiger partial charge in [0.25, 0.3) is 5.56 Å². The molecule has 0 amide bonds. The SMILES string of the molecule is Cc1nc2c(c(=O)[nH]1)CN(Cc1cc(C)c(C)o1)CC2. The number of aryl methyl sites for hydroxylation is 3. The number of aromatic nitrogens is 2. The second kappa shape index (κ2) is 4.90. The monoisotopic (exact) mass is 273 g/mol. The Morgan fingerprint density at radius 1 is 1.40 bits per heavy atom. The fraction of sp³-hybridized carbons (Fsp3) is 0.467. The first kappa shape index (κ1) is 13.1. The number of nitrogens with zero attached hydrogens (tertiary/aromatic N) is 2. The highest BCUT2D eigenvalue weighted by Gasteiger charge is 2.21. The first-order valence-electron chi connectivity index (χ1n) is 6.90. The molecule has 0 spiro atoms. The third kappa shape index (κ3) is 2.41. The minimum Gasteiger partial charge on any atom is -0.465 e. The molecule has 5 nitrogen and oxygen atoms in total. The van der Waals surface area contributed by atoms with Gasteiger partial charge in [-0.15, -0.1) is 0 Å². The van der Waals surface area contributed by atoms with Gasteiger partial charge in [0.2, 0.25) is 0 Å². The van der Waals surface area contributed by atoms with Crippen molar-refractivity contribution in [2.24, 2.45) is 0 Å². The van der Waals surface area contributed by atoms with Gasteiger partial charge in [0, 0.05) is 19.5 Å². The number of furan rings is 1. The minimum absolute atomic E-state index is 0.0102. The summed E-state index contributed by atoms with van der Waals surface area (Å²) in [5.74, 6) is 2.62. The van der Waals surface area contributed by atoms with Crippen LogP contribution in [0.1, 0.15) is 34.2 Å². The van der Waals surface area contributed by atoms with Crippen molar-refractivity contribution in [1.29, 1.82) is 0 Å². The number of aromatic amines is 1. The van der Waals surface area contributed by atoms with E-state index in [9.17, 15) is 4.79 Å². The van der Waals surface area contributed by atoms with Gasteiger partial charge < -0.3 is 9.40 Å². The Labute approximate surface area is 117 Å². The van der Waals surface area contributed by atoms with E-state index in [1.54, 1.807) is 0 Å². The van der Waals surface area contributed by atoms with Crippen LogP contribution < -0.4 is 5.56 Å². The quantitative estimate of drug-likeness (QED) is 0.907. The van der Waals surface area contributed by atoms with Gasteiger partial charge in [-0.3, -0.25) is 9.69 Å². The maximum Gasteiger partial charge on any atom is 0.255 e. The molecule has 0 aromatic carbocycles.